The average Bonchev–Trinajstić information content (AvgIpc) is 3.07. The number of ether oxygens (including phenoxy) is 1. The molecule has 1 unspecified atom stereocenters. The predicted octanol–water partition coefficient (Wildman–Crippen LogP) is 2.67. The summed E-state index contributed by atoms with van der Waals surface area (Å²) in [6, 6.07) is 12.1. The van der Waals surface area contributed by atoms with E-state index >= 15 is 0 Å². The maximum atomic E-state index is 12.8. The Morgan fingerprint density at radius 3 is 2.34 bits per heavy atom. The largest absolute Gasteiger partial charge is 0.497 e. The number of benzene rings is 2. The molecule has 32 heavy (non-hydrogen) atoms. The van der Waals surface area contributed by atoms with Gasteiger partial charge in [0.1, 0.15) is 11.8 Å². The lowest BCUT2D eigenvalue weighted by Gasteiger charge is -2.38. The maximum absolute atomic E-state index is 12.8. The van der Waals surface area contributed by atoms with Crippen molar-refractivity contribution < 1.29 is 24.2 Å². The summed E-state index contributed by atoms with van der Waals surface area (Å²) in [5, 5.41) is 14.2. The minimum Gasteiger partial charge on any atom is -0.497 e. The number of aliphatic hydroxyl groups is 1. The van der Waals surface area contributed by atoms with Crippen LogP contribution in [-0.4, -0.2) is 54.1 Å². The molecule has 9 heteroatoms. The molecule has 2 saturated heterocycles. The summed E-state index contributed by atoms with van der Waals surface area (Å²) in [6.07, 6.45) is 0.628. The molecule has 0 bridgehead atoms. The van der Waals surface area contributed by atoms with Crippen LogP contribution in [0.25, 0.3) is 0 Å². The van der Waals surface area contributed by atoms with E-state index in [2.05, 4.69) is 5.32 Å². The third kappa shape index (κ3) is 4.28. The smallest absolute Gasteiger partial charge is 0.329 e. The zero-order chi connectivity index (χ0) is 22.9. The number of nitrogens with one attached hydrogen (secondary N) is 1. The summed E-state index contributed by atoms with van der Waals surface area (Å²) in [6.45, 7) is 0.712. The first kappa shape index (κ1) is 22.1. The number of rotatable bonds is 5. The Hall–Kier alpha value is -3.10. The highest BCUT2D eigenvalue weighted by atomic mass is 35.5. The van der Waals surface area contributed by atoms with Gasteiger partial charge in [0.15, 0.2) is 0 Å². The normalized spacial score (nSPS) is 20.3. The Morgan fingerprint density at radius 1 is 1.12 bits per heavy atom. The lowest BCUT2D eigenvalue weighted by Crippen LogP contribution is -2.47. The summed E-state index contributed by atoms with van der Waals surface area (Å²) < 4.78 is 5.10. The van der Waals surface area contributed by atoms with Gasteiger partial charge in [-0.1, -0.05) is 23.7 Å². The number of imide groups is 1. The molecule has 0 saturated carbocycles. The highest BCUT2D eigenvalue weighted by Gasteiger charge is 2.42. The zero-order valence-corrected chi connectivity index (χ0v) is 18.3. The first-order chi connectivity index (χ1) is 15.3. The van der Waals surface area contributed by atoms with Gasteiger partial charge in [0, 0.05) is 18.1 Å². The van der Waals surface area contributed by atoms with E-state index in [1.165, 1.54) is 7.11 Å². The number of nitrogens with zero attached hydrogens (tertiary/aromatic N) is 2. The van der Waals surface area contributed by atoms with Gasteiger partial charge in [-0.3, -0.25) is 9.59 Å². The van der Waals surface area contributed by atoms with Crippen LogP contribution in [0.15, 0.2) is 48.5 Å². The lowest BCUT2D eigenvalue weighted by atomic mass is 9.84. The molecule has 4 amide bonds. The van der Waals surface area contributed by atoms with Crippen LogP contribution in [0.5, 0.6) is 5.75 Å². The number of amides is 4. The van der Waals surface area contributed by atoms with E-state index in [0.29, 0.717) is 42.4 Å². The van der Waals surface area contributed by atoms with Gasteiger partial charge in [-0.25, -0.2) is 9.69 Å². The molecule has 2 aliphatic heterocycles. The summed E-state index contributed by atoms with van der Waals surface area (Å²) in [5.41, 5.74) is 0.154. The number of likely N-dealkylation sites (tertiary alicyclic amines) is 1. The van der Waals surface area contributed by atoms with Crippen molar-refractivity contribution in [1.82, 2.24) is 10.2 Å². The fourth-order valence-corrected chi connectivity index (χ4v) is 4.25. The number of halogens is 1. The van der Waals surface area contributed by atoms with Crippen LogP contribution >= 0.6 is 11.6 Å². The van der Waals surface area contributed by atoms with Crippen molar-refractivity contribution in [3.05, 3.63) is 59.1 Å². The Balaban J connectivity index is 1.36. The molecule has 4 rings (SSSR count). The van der Waals surface area contributed by atoms with Crippen LogP contribution in [0, 0.1) is 0 Å². The number of hydrogen-bond acceptors (Lipinski definition) is 5. The number of piperidine rings is 1. The lowest BCUT2D eigenvalue weighted by molar-refractivity contribution is -0.137. The van der Waals surface area contributed by atoms with E-state index < -0.39 is 23.6 Å². The third-order valence-electron chi connectivity index (χ3n) is 6.05. The van der Waals surface area contributed by atoms with Gasteiger partial charge in [-0.05, 0) is 54.8 Å². The number of methoxy groups -OCH3 is 1. The van der Waals surface area contributed by atoms with Crippen molar-refractivity contribution in [1.29, 1.82) is 0 Å². The molecule has 2 N–H and O–H groups in total. The second-order valence-electron chi connectivity index (χ2n) is 8.00. The standard InChI is InChI=1S/C23H24ClN3O5/c1-32-18-8-6-17(7-9-18)27-21(29)19(25-22(27)30)14-20(28)26-12-10-23(31,11-13-26)15-2-4-16(24)5-3-15/h2-9,19,31H,10-14H2,1H3,(H,25,30). The molecule has 0 radical (unpaired) electrons. The van der Waals surface area contributed by atoms with Gasteiger partial charge in [0.2, 0.25) is 5.91 Å². The predicted molar refractivity (Wildman–Crippen MR) is 119 cm³/mol. The van der Waals surface area contributed by atoms with E-state index in [1.807, 2.05) is 0 Å². The first-order valence-corrected chi connectivity index (χ1v) is 10.7. The minimum absolute atomic E-state index is 0.128. The van der Waals surface area contributed by atoms with Crippen molar-refractivity contribution in [2.24, 2.45) is 0 Å². The highest BCUT2D eigenvalue weighted by Crippen LogP contribution is 2.34. The fourth-order valence-electron chi connectivity index (χ4n) is 4.12. The van der Waals surface area contributed by atoms with Crippen molar-refractivity contribution in [2.75, 3.05) is 25.1 Å². The molecule has 2 fully saturated rings. The van der Waals surface area contributed by atoms with Crippen LogP contribution < -0.4 is 15.0 Å². The first-order valence-electron chi connectivity index (χ1n) is 10.4. The zero-order valence-electron chi connectivity index (χ0n) is 17.6. The minimum atomic E-state index is -1.02. The quantitative estimate of drug-likeness (QED) is 0.672. The Morgan fingerprint density at radius 2 is 1.75 bits per heavy atom. The van der Waals surface area contributed by atoms with Crippen molar-refractivity contribution in [2.45, 2.75) is 30.9 Å². The van der Waals surface area contributed by atoms with Gasteiger partial charge in [-0.15, -0.1) is 0 Å². The number of carbonyl (C=O) groups is 3. The summed E-state index contributed by atoms with van der Waals surface area (Å²) in [7, 11) is 1.53. The number of anilines is 1. The number of urea groups is 1. The molecule has 0 aliphatic carbocycles. The van der Waals surface area contributed by atoms with Crippen LogP contribution in [-0.2, 0) is 15.2 Å². The van der Waals surface area contributed by atoms with Gasteiger partial charge in [0.05, 0.1) is 24.8 Å². The molecule has 2 aliphatic rings. The Bertz CT molecular complexity index is 1020. The molecular formula is C23H24ClN3O5. The molecule has 8 nitrogen and oxygen atoms in total. The van der Waals surface area contributed by atoms with Gasteiger partial charge >= 0.3 is 6.03 Å². The second kappa shape index (κ2) is 8.80. The molecule has 0 spiro atoms. The van der Waals surface area contributed by atoms with E-state index in [1.54, 1.807) is 53.4 Å². The van der Waals surface area contributed by atoms with Gasteiger partial charge in [-0.2, -0.15) is 0 Å². The summed E-state index contributed by atoms with van der Waals surface area (Å²) in [5.74, 6) is -0.0993. The van der Waals surface area contributed by atoms with E-state index in [9.17, 15) is 19.5 Å². The van der Waals surface area contributed by atoms with E-state index in [-0.39, 0.29) is 12.3 Å². The molecule has 1 atom stereocenters. The molecule has 2 heterocycles. The molecule has 2 aromatic carbocycles. The van der Waals surface area contributed by atoms with Crippen LogP contribution in [0.3, 0.4) is 0 Å². The van der Waals surface area contributed by atoms with Gasteiger partial charge < -0.3 is 20.1 Å². The third-order valence-corrected chi connectivity index (χ3v) is 6.31. The van der Waals surface area contributed by atoms with Crippen LogP contribution in [0.4, 0.5) is 10.5 Å². The summed E-state index contributed by atoms with van der Waals surface area (Å²) in [4.78, 5) is 40.6. The maximum Gasteiger partial charge on any atom is 0.329 e. The number of carbonyl (C=O) groups excluding carboxylic acids is 3. The number of hydrogen-bond donors (Lipinski definition) is 2. The van der Waals surface area contributed by atoms with E-state index in [0.717, 1.165) is 10.5 Å². The van der Waals surface area contributed by atoms with Crippen molar-refractivity contribution in [3.8, 4) is 5.75 Å². The summed E-state index contributed by atoms with van der Waals surface area (Å²) >= 11 is 5.93. The second-order valence-corrected chi connectivity index (χ2v) is 8.43. The molecular weight excluding hydrogens is 434 g/mol. The fraction of sp³-hybridized carbons (Fsp3) is 0.348. The molecule has 2 aromatic rings. The molecule has 168 valence electrons. The van der Waals surface area contributed by atoms with E-state index in [4.69, 9.17) is 16.3 Å². The average molecular weight is 458 g/mol. The monoisotopic (exact) mass is 457 g/mol. The Labute approximate surface area is 190 Å². The highest BCUT2D eigenvalue weighted by molar-refractivity contribution is 6.30. The van der Waals surface area contributed by atoms with Crippen LogP contribution in [0.2, 0.25) is 5.02 Å². The van der Waals surface area contributed by atoms with Crippen LogP contribution in [0.1, 0.15) is 24.8 Å². The molecule has 0 aromatic heterocycles. The topological polar surface area (TPSA) is 99.2 Å². The Kier molecular flexibility index (Phi) is 6.08. The van der Waals surface area contributed by atoms with Crippen molar-refractivity contribution in [3.63, 3.8) is 0 Å². The van der Waals surface area contributed by atoms with Gasteiger partial charge in [0.25, 0.3) is 5.91 Å². The SMILES string of the molecule is COc1ccc(N2C(=O)NC(CC(=O)N3CCC(O)(c4ccc(Cl)cc4)CC3)C2=O)cc1. The van der Waals surface area contributed by atoms with Crippen molar-refractivity contribution >= 4 is 35.1 Å².